The van der Waals surface area contributed by atoms with E-state index in [0.29, 0.717) is 17.9 Å². The van der Waals surface area contributed by atoms with Crippen LogP contribution in [0.25, 0.3) is 0 Å². The predicted octanol–water partition coefficient (Wildman–Crippen LogP) is 3.75. The van der Waals surface area contributed by atoms with E-state index in [9.17, 15) is 4.79 Å². The summed E-state index contributed by atoms with van der Waals surface area (Å²) in [6.45, 7) is 11.3. The van der Waals surface area contributed by atoms with Gasteiger partial charge in [0, 0.05) is 12.5 Å². The molecule has 0 aromatic carbocycles. The number of hydrogen-bond acceptors (Lipinski definition) is 1. The normalized spacial score (nSPS) is 27.6. The van der Waals surface area contributed by atoms with Crippen molar-refractivity contribution in [1.29, 1.82) is 0 Å². The van der Waals surface area contributed by atoms with Gasteiger partial charge in [-0.05, 0) is 42.9 Å². The van der Waals surface area contributed by atoms with Crippen molar-refractivity contribution in [1.82, 2.24) is 5.32 Å². The Hall–Kier alpha value is -0.530. The summed E-state index contributed by atoms with van der Waals surface area (Å²) in [6, 6.07) is 0.436. The third kappa shape index (κ3) is 4.33. The zero-order chi connectivity index (χ0) is 13.1. The van der Waals surface area contributed by atoms with Gasteiger partial charge in [0.2, 0.25) is 5.91 Å². The quantitative estimate of drug-likeness (QED) is 0.798. The number of carbonyl (C=O) groups excluding carboxylic acids is 1. The highest BCUT2D eigenvalue weighted by atomic mass is 16.1. The molecule has 1 amide bonds. The Labute approximate surface area is 107 Å². The molecule has 1 fully saturated rings. The van der Waals surface area contributed by atoms with Crippen molar-refractivity contribution < 1.29 is 4.79 Å². The average Bonchev–Trinajstić information content (AvgIpc) is 2.27. The van der Waals surface area contributed by atoms with E-state index in [2.05, 4.69) is 33.0 Å². The molecule has 2 heteroatoms. The van der Waals surface area contributed by atoms with Crippen LogP contribution in [0, 0.1) is 17.3 Å². The van der Waals surface area contributed by atoms with Crippen LogP contribution in [0.4, 0.5) is 0 Å². The number of carbonyl (C=O) groups is 1. The van der Waals surface area contributed by atoms with E-state index >= 15 is 0 Å². The van der Waals surface area contributed by atoms with Gasteiger partial charge in [0.15, 0.2) is 0 Å². The van der Waals surface area contributed by atoms with Gasteiger partial charge in [-0.3, -0.25) is 4.79 Å². The monoisotopic (exact) mass is 239 g/mol. The van der Waals surface area contributed by atoms with Gasteiger partial charge in [-0.15, -0.1) is 0 Å². The van der Waals surface area contributed by atoms with E-state index in [-0.39, 0.29) is 5.91 Å². The summed E-state index contributed by atoms with van der Waals surface area (Å²) in [7, 11) is 0. The first-order valence-electron chi connectivity index (χ1n) is 7.14. The van der Waals surface area contributed by atoms with Crippen LogP contribution < -0.4 is 5.32 Å². The molecule has 0 aliphatic heterocycles. The Balaban J connectivity index is 2.38. The third-order valence-corrected chi connectivity index (χ3v) is 4.53. The van der Waals surface area contributed by atoms with Gasteiger partial charge in [-0.1, -0.05) is 34.6 Å². The molecule has 0 aromatic heterocycles. The molecular formula is C15H29NO. The molecule has 2 nitrogen and oxygen atoms in total. The molecule has 0 saturated heterocycles. The minimum atomic E-state index is 0.206. The van der Waals surface area contributed by atoms with Crippen LogP contribution in [0.2, 0.25) is 0 Å². The Bertz CT molecular complexity index is 246. The first kappa shape index (κ1) is 14.5. The van der Waals surface area contributed by atoms with Crippen molar-refractivity contribution in [3.8, 4) is 0 Å². The van der Waals surface area contributed by atoms with Crippen LogP contribution >= 0.6 is 0 Å². The van der Waals surface area contributed by atoms with Crippen LogP contribution in [-0.4, -0.2) is 11.9 Å². The molecule has 0 aromatic rings. The molecule has 17 heavy (non-hydrogen) atoms. The summed E-state index contributed by atoms with van der Waals surface area (Å²) < 4.78 is 0. The SMILES string of the molecule is CCC(=O)N[C@H]1CC[C@H]([C@@H](C)C(C)(C)C)CC1. The first-order valence-corrected chi connectivity index (χ1v) is 7.14. The van der Waals surface area contributed by atoms with Crippen molar-refractivity contribution in [3.05, 3.63) is 0 Å². The minimum Gasteiger partial charge on any atom is -0.353 e. The lowest BCUT2D eigenvalue weighted by Gasteiger charge is -2.38. The predicted molar refractivity (Wildman–Crippen MR) is 72.8 cm³/mol. The maximum atomic E-state index is 11.3. The molecular weight excluding hydrogens is 210 g/mol. The highest BCUT2D eigenvalue weighted by Gasteiger charge is 2.31. The van der Waals surface area contributed by atoms with Crippen LogP contribution in [0.5, 0.6) is 0 Å². The molecule has 1 aliphatic carbocycles. The molecule has 100 valence electrons. The lowest BCUT2D eigenvalue weighted by molar-refractivity contribution is -0.121. The topological polar surface area (TPSA) is 29.1 Å². The fraction of sp³-hybridized carbons (Fsp3) is 0.933. The highest BCUT2D eigenvalue weighted by molar-refractivity contribution is 5.75. The highest BCUT2D eigenvalue weighted by Crippen LogP contribution is 2.39. The Morgan fingerprint density at radius 3 is 2.18 bits per heavy atom. The molecule has 0 spiro atoms. The Kier molecular flexibility index (Phi) is 5.03. The lowest BCUT2D eigenvalue weighted by atomic mass is 9.68. The van der Waals surface area contributed by atoms with E-state index in [1.165, 1.54) is 12.8 Å². The van der Waals surface area contributed by atoms with Gasteiger partial charge in [-0.2, -0.15) is 0 Å². The standard InChI is InChI=1S/C15H29NO/c1-6-14(17)16-13-9-7-12(8-10-13)11(2)15(3,4)5/h11-13H,6-10H2,1-5H3,(H,16,17)/t11-,12-,13-/m1/s1. The van der Waals surface area contributed by atoms with E-state index in [1.807, 2.05) is 6.92 Å². The average molecular weight is 239 g/mol. The van der Waals surface area contributed by atoms with Crippen molar-refractivity contribution in [2.75, 3.05) is 0 Å². The maximum Gasteiger partial charge on any atom is 0.219 e. The van der Waals surface area contributed by atoms with Crippen LogP contribution in [0.15, 0.2) is 0 Å². The number of hydrogen-bond donors (Lipinski definition) is 1. The maximum absolute atomic E-state index is 11.3. The third-order valence-electron chi connectivity index (χ3n) is 4.53. The number of nitrogens with one attached hydrogen (secondary N) is 1. The molecule has 0 radical (unpaired) electrons. The van der Waals surface area contributed by atoms with Crippen molar-refractivity contribution >= 4 is 5.91 Å². The van der Waals surface area contributed by atoms with Crippen LogP contribution in [0.3, 0.4) is 0 Å². The smallest absolute Gasteiger partial charge is 0.219 e. The zero-order valence-electron chi connectivity index (χ0n) is 12.2. The van der Waals surface area contributed by atoms with Crippen molar-refractivity contribution in [2.24, 2.45) is 17.3 Å². The second-order valence-corrected chi connectivity index (χ2v) is 6.69. The fourth-order valence-corrected chi connectivity index (χ4v) is 2.80. The fourth-order valence-electron chi connectivity index (χ4n) is 2.80. The van der Waals surface area contributed by atoms with E-state index in [4.69, 9.17) is 0 Å². The van der Waals surface area contributed by atoms with Gasteiger partial charge < -0.3 is 5.32 Å². The Morgan fingerprint density at radius 2 is 1.76 bits per heavy atom. The molecule has 1 rings (SSSR count). The molecule has 1 atom stereocenters. The minimum absolute atomic E-state index is 0.206. The molecule has 1 saturated carbocycles. The first-order chi connectivity index (χ1) is 7.84. The molecule has 1 N–H and O–H groups in total. The largest absolute Gasteiger partial charge is 0.353 e. The van der Waals surface area contributed by atoms with E-state index in [0.717, 1.165) is 24.7 Å². The van der Waals surface area contributed by atoms with Crippen molar-refractivity contribution in [3.63, 3.8) is 0 Å². The van der Waals surface area contributed by atoms with Gasteiger partial charge in [0.25, 0.3) is 0 Å². The van der Waals surface area contributed by atoms with Gasteiger partial charge in [0.1, 0.15) is 0 Å². The number of amides is 1. The van der Waals surface area contributed by atoms with Gasteiger partial charge in [0.05, 0.1) is 0 Å². The zero-order valence-corrected chi connectivity index (χ0v) is 12.2. The molecule has 0 unspecified atom stereocenters. The summed E-state index contributed by atoms with van der Waals surface area (Å²) in [4.78, 5) is 11.3. The van der Waals surface area contributed by atoms with E-state index in [1.54, 1.807) is 0 Å². The van der Waals surface area contributed by atoms with Crippen LogP contribution in [0.1, 0.15) is 66.7 Å². The summed E-state index contributed by atoms with van der Waals surface area (Å²) in [5.41, 5.74) is 0.407. The number of rotatable bonds is 3. The molecule has 1 aliphatic rings. The van der Waals surface area contributed by atoms with Crippen molar-refractivity contribution in [2.45, 2.75) is 72.8 Å². The second kappa shape index (κ2) is 5.88. The van der Waals surface area contributed by atoms with E-state index < -0.39 is 0 Å². The summed E-state index contributed by atoms with van der Waals surface area (Å²) in [5.74, 6) is 1.81. The summed E-state index contributed by atoms with van der Waals surface area (Å²) >= 11 is 0. The summed E-state index contributed by atoms with van der Waals surface area (Å²) in [5, 5.41) is 3.13. The molecule has 0 bridgehead atoms. The van der Waals surface area contributed by atoms with Crippen LogP contribution in [-0.2, 0) is 4.79 Å². The summed E-state index contributed by atoms with van der Waals surface area (Å²) in [6.07, 6.45) is 5.48. The van der Waals surface area contributed by atoms with Gasteiger partial charge >= 0.3 is 0 Å². The Morgan fingerprint density at radius 1 is 1.24 bits per heavy atom. The molecule has 0 heterocycles. The van der Waals surface area contributed by atoms with Gasteiger partial charge in [-0.25, -0.2) is 0 Å². The second-order valence-electron chi connectivity index (χ2n) is 6.69. The lowest BCUT2D eigenvalue weighted by Crippen LogP contribution is -2.39.